The number of thiophene rings is 1. The highest BCUT2D eigenvalue weighted by atomic mass is 32.1. The minimum Gasteiger partial charge on any atom is -0.493 e. The molecule has 3 N–H and O–H groups in total. The topological polar surface area (TPSA) is 97.9 Å². The SMILES string of the molecule is CNC(=O)c1sc(C(C)(C)C)cc1NC(=O)Nc1ccc(OCCc2ccc(OC)c(OC)c2)c2ccccc12. The van der Waals surface area contributed by atoms with E-state index in [1.54, 1.807) is 21.3 Å². The predicted octanol–water partition coefficient (Wildman–Crippen LogP) is 6.84. The van der Waals surface area contributed by atoms with E-state index in [1.807, 2.05) is 60.7 Å². The van der Waals surface area contributed by atoms with E-state index in [2.05, 4.69) is 36.7 Å². The van der Waals surface area contributed by atoms with Crippen LogP contribution in [0.5, 0.6) is 17.2 Å². The van der Waals surface area contributed by atoms with Crippen LogP contribution in [0.25, 0.3) is 10.8 Å². The summed E-state index contributed by atoms with van der Waals surface area (Å²) in [5, 5.41) is 10.2. The van der Waals surface area contributed by atoms with Gasteiger partial charge in [0, 0.05) is 29.1 Å². The van der Waals surface area contributed by atoms with Crippen molar-refractivity contribution in [1.29, 1.82) is 0 Å². The molecule has 1 heterocycles. The summed E-state index contributed by atoms with van der Waals surface area (Å²) in [5.41, 5.74) is 2.02. The van der Waals surface area contributed by atoms with Gasteiger partial charge in [0.05, 0.1) is 32.2 Å². The van der Waals surface area contributed by atoms with E-state index in [-0.39, 0.29) is 11.3 Å². The van der Waals surface area contributed by atoms with Crippen molar-refractivity contribution in [3.05, 3.63) is 76.0 Å². The van der Waals surface area contributed by atoms with Crippen LogP contribution in [-0.4, -0.2) is 39.8 Å². The molecule has 0 bridgehead atoms. The van der Waals surface area contributed by atoms with Gasteiger partial charge in [0.2, 0.25) is 0 Å². The molecule has 0 fully saturated rings. The van der Waals surface area contributed by atoms with Crippen LogP contribution in [0.1, 0.15) is 40.9 Å². The lowest BCUT2D eigenvalue weighted by Crippen LogP contribution is -2.23. The van der Waals surface area contributed by atoms with E-state index in [0.29, 0.717) is 40.8 Å². The van der Waals surface area contributed by atoms with Crippen molar-refractivity contribution in [3.63, 3.8) is 0 Å². The maximum Gasteiger partial charge on any atom is 0.323 e. The number of anilines is 2. The van der Waals surface area contributed by atoms with Crippen LogP contribution in [0.4, 0.5) is 16.2 Å². The summed E-state index contributed by atoms with van der Waals surface area (Å²) in [6.45, 7) is 6.67. The Kier molecular flexibility index (Phi) is 8.84. The van der Waals surface area contributed by atoms with Crippen molar-refractivity contribution in [2.24, 2.45) is 0 Å². The van der Waals surface area contributed by atoms with Crippen LogP contribution in [0.15, 0.2) is 60.7 Å². The molecule has 0 saturated heterocycles. The zero-order valence-electron chi connectivity index (χ0n) is 23.6. The van der Waals surface area contributed by atoms with Gasteiger partial charge < -0.3 is 30.2 Å². The Morgan fingerprint density at radius 1 is 0.825 bits per heavy atom. The van der Waals surface area contributed by atoms with Crippen molar-refractivity contribution in [2.45, 2.75) is 32.6 Å². The van der Waals surface area contributed by atoms with E-state index in [4.69, 9.17) is 14.2 Å². The lowest BCUT2D eigenvalue weighted by molar-refractivity contribution is 0.0968. The fraction of sp³-hybridized carbons (Fsp3) is 0.290. The number of hydrogen-bond donors (Lipinski definition) is 3. The number of carbonyl (C=O) groups excluding carboxylic acids is 2. The first-order chi connectivity index (χ1) is 19.1. The molecule has 4 aromatic rings. The average Bonchev–Trinajstić information content (AvgIpc) is 3.38. The number of rotatable bonds is 9. The molecule has 0 radical (unpaired) electrons. The maximum atomic E-state index is 13.1. The molecule has 0 aliphatic rings. The molecular weight excluding hydrogens is 526 g/mol. The smallest absolute Gasteiger partial charge is 0.323 e. The highest BCUT2D eigenvalue weighted by molar-refractivity contribution is 7.14. The molecule has 0 aliphatic carbocycles. The van der Waals surface area contributed by atoms with Crippen molar-refractivity contribution in [1.82, 2.24) is 5.32 Å². The summed E-state index contributed by atoms with van der Waals surface area (Å²) in [5.74, 6) is 1.84. The number of hydrogen-bond acceptors (Lipinski definition) is 6. The van der Waals surface area contributed by atoms with Crippen LogP contribution in [0, 0.1) is 0 Å². The standard InChI is InChI=1S/C31H35N3O5S/c1-31(2,3)27-18-23(28(40-27)29(35)32-4)34-30(36)33-22-12-14-24(21-10-8-7-9-20(21)22)39-16-15-19-11-13-25(37-5)26(17-19)38-6/h7-14,17-18H,15-16H2,1-6H3,(H,32,35)(H2,33,34,36). The molecule has 0 aliphatic heterocycles. The van der Waals surface area contributed by atoms with Gasteiger partial charge in [0.25, 0.3) is 5.91 Å². The summed E-state index contributed by atoms with van der Waals surface area (Å²) in [6, 6.07) is 18.7. The second-order valence-electron chi connectivity index (χ2n) is 10.2. The Morgan fingerprint density at radius 2 is 1.50 bits per heavy atom. The van der Waals surface area contributed by atoms with Crippen LogP contribution in [0.2, 0.25) is 0 Å². The van der Waals surface area contributed by atoms with Crippen LogP contribution in [-0.2, 0) is 11.8 Å². The molecule has 3 aromatic carbocycles. The number of carbonyl (C=O) groups is 2. The number of nitrogens with one attached hydrogen (secondary N) is 3. The molecule has 210 valence electrons. The van der Waals surface area contributed by atoms with Gasteiger partial charge in [-0.2, -0.15) is 0 Å². The highest BCUT2D eigenvalue weighted by Gasteiger charge is 2.24. The Morgan fingerprint density at radius 3 is 2.17 bits per heavy atom. The lowest BCUT2D eigenvalue weighted by Gasteiger charge is -2.15. The first-order valence-corrected chi connectivity index (χ1v) is 13.8. The zero-order valence-corrected chi connectivity index (χ0v) is 24.5. The summed E-state index contributed by atoms with van der Waals surface area (Å²) in [7, 11) is 4.80. The number of methoxy groups -OCH3 is 2. The molecule has 8 nitrogen and oxygen atoms in total. The van der Waals surface area contributed by atoms with Gasteiger partial charge >= 0.3 is 6.03 Å². The molecule has 1 aromatic heterocycles. The fourth-order valence-electron chi connectivity index (χ4n) is 4.23. The van der Waals surface area contributed by atoms with E-state index in [1.165, 1.54) is 11.3 Å². The minimum absolute atomic E-state index is 0.157. The van der Waals surface area contributed by atoms with Crippen molar-refractivity contribution in [3.8, 4) is 17.2 Å². The van der Waals surface area contributed by atoms with Gasteiger partial charge in [-0.1, -0.05) is 51.1 Å². The predicted molar refractivity (Wildman–Crippen MR) is 162 cm³/mol. The Bertz CT molecular complexity index is 1520. The van der Waals surface area contributed by atoms with Gasteiger partial charge in [-0.3, -0.25) is 4.79 Å². The third kappa shape index (κ3) is 6.48. The summed E-state index contributed by atoms with van der Waals surface area (Å²) in [4.78, 5) is 27.0. The number of ether oxygens (including phenoxy) is 3. The van der Waals surface area contributed by atoms with Gasteiger partial charge in [-0.05, 0) is 41.3 Å². The number of benzene rings is 3. The van der Waals surface area contributed by atoms with E-state index in [0.717, 1.165) is 27.0 Å². The summed E-state index contributed by atoms with van der Waals surface area (Å²) in [6.07, 6.45) is 0.682. The van der Waals surface area contributed by atoms with Crippen molar-refractivity contribution in [2.75, 3.05) is 38.5 Å². The third-order valence-electron chi connectivity index (χ3n) is 6.38. The van der Waals surface area contributed by atoms with Gasteiger partial charge in [-0.15, -0.1) is 11.3 Å². The molecule has 4 rings (SSSR count). The molecule has 0 atom stereocenters. The summed E-state index contributed by atoms with van der Waals surface area (Å²) < 4.78 is 16.9. The number of fused-ring (bicyclic) bond motifs is 1. The van der Waals surface area contributed by atoms with E-state index >= 15 is 0 Å². The first-order valence-electron chi connectivity index (χ1n) is 12.9. The van der Waals surface area contributed by atoms with Gasteiger partial charge in [0.1, 0.15) is 10.6 Å². The molecule has 3 amide bonds. The molecular formula is C31H35N3O5S. The lowest BCUT2D eigenvalue weighted by atomic mass is 9.94. The number of urea groups is 1. The molecule has 40 heavy (non-hydrogen) atoms. The molecule has 0 spiro atoms. The third-order valence-corrected chi connectivity index (χ3v) is 7.94. The van der Waals surface area contributed by atoms with Crippen molar-refractivity contribution >= 4 is 45.4 Å². The maximum absolute atomic E-state index is 13.1. The number of amides is 3. The zero-order chi connectivity index (χ0) is 28.9. The first kappa shape index (κ1) is 28.8. The van der Waals surface area contributed by atoms with E-state index < -0.39 is 6.03 Å². The second-order valence-corrected chi connectivity index (χ2v) is 11.3. The average molecular weight is 562 g/mol. The fourth-order valence-corrected chi connectivity index (χ4v) is 5.35. The molecule has 0 unspecified atom stereocenters. The highest BCUT2D eigenvalue weighted by Crippen LogP contribution is 2.36. The van der Waals surface area contributed by atoms with Gasteiger partial charge in [0.15, 0.2) is 11.5 Å². The largest absolute Gasteiger partial charge is 0.493 e. The minimum atomic E-state index is -0.435. The monoisotopic (exact) mass is 561 g/mol. The van der Waals surface area contributed by atoms with Crippen molar-refractivity contribution < 1.29 is 23.8 Å². The summed E-state index contributed by atoms with van der Waals surface area (Å²) >= 11 is 1.38. The van der Waals surface area contributed by atoms with E-state index in [9.17, 15) is 9.59 Å². The Hall–Kier alpha value is -4.24. The molecule has 9 heteroatoms. The van der Waals surface area contributed by atoms with Crippen LogP contribution in [0.3, 0.4) is 0 Å². The normalized spacial score (nSPS) is 11.2. The molecule has 0 saturated carbocycles. The van der Waals surface area contributed by atoms with Crippen LogP contribution < -0.4 is 30.2 Å². The van der Waals surface area contributed by atoms with Crippen LogP contribution >= 0.6 is 11.3 Å². The van der Waals surface area contributed by atoms with Gasteiger partial charge in [-0.25, -0.2) is 4.79 Å². The Balaban J connectivity index is 1.49. The quantitative estimate of drug-likeness (QED) is 0.208. The second kappa shape index (κ2) is 12.3. The Labute approximate surface area is 238 Å².